The fraction of sp³-hybridized carbons (Fsp3) is 0.143. The third kappa shape index (κ3) is 3.40. The minimum atomic E-state index is -0.894. The molecule has 4 aromatic carbocycles. The first-order valence-electron chi connectivity index (χ1n) is 8.63. The van der Waals surface area contributed by atoms with E-state index in [0.29, 0.717) is 12.1 Å². The molecule has 0 aliphatic heterocycles. The number of hydrogen-bond acceptors (Lipinski definition) is 2. The summed E-state index contributed by atoms with van der Waals surface area (Å²) >= 11 is 10.9. The summed E-state index contributed by atoms with van der Waals surface area (Å²) in [6.07, 6.45) is 0.467. The van der Waals surface area contributed by atoms with Crippen LogP contribution in [0.3, 0.4) is 0 Å². The molecule has 0 bridgehead atoms. The van der Waals surface area contributed by atoms with Crippen molar-refractivity contribution in [1.29, 1.82) is 0 Å². The third-order valence-electron chi connectivity index (χ3n) is 4.82. The lowest BCUT2D eigenvalue weighted by Gasteiger charge is -2.17. The standard InChI is InChI=1S/C21H14Br3NO3/c22-14-8-15(23)11-6-7-13-17(25-18(26)2-1-3-19(27)28)9-16(24)12-5-4-10(14)20(11)21(12)13/h4-9H,1-3H2,(H,25,26)(H,27,28). The maximum Gasteiger partial charge on any atom is 0.303 e. The van der Waals surface area contributed by atoms with Crippen molar-refractivity contribution in [1.82, 2.24) is 0 Å². The molecule has 2 N–H and O–H groups in total. The van der Waals surface area contributed by atoms with Crippen LogP contribution >= 0.6 is 47.8 Å². The second kappa shape index (κ2) is 7.61. The summed E-state index contributed by atoms with van der Waals surface area (Å²) < 4.78 is 2.90. The van der Waals surface area contributed by atoms with Crippen molar-refractivity contribution in [2.24, 2.45) is 0 Å². The Hall–Kier alpha value is -1.70. The van der Waals surface area contributed by atoms with Crippen LogP contribution in [0.4, 0.5) is 5.69 Å². The van der Waals surface area contributed by atoms with Crippen molar-refractivity contribution < 1.29 is 14.7 Å². The predicted molar refractivity (Wildman–Crippen MR) is 123 cm³/mol. The lowest BCUT2D eigenvalue weighted by molar-refractivity contribution is -0.137. The molecule has 0 unspecified atom stereocenters. The van der Waals surface area contributed by atoms with Gasteiger partial charge < -0.3 is 10.4 Å². The Morgan fingerprint density at radius 2 is 1.29 bits per heavy atom. The number of carboxylic acid groups (broad SMARTS) is 1. The van der Waals surface area contributed by atoms with E-state index < -0.39 is 5.97 Å². The van der Waals surface area contributed by atoms with E-state index in [0.717, 1.165) is 45.7 Å². The van der Waals surface area contributed by atoms with Crippen LogP contribution in [0.25, 0.3) is 32.3 Å². The Balaban J connectivity index is 1.87. The molecule has 0 aliphatic carbocycles. The Morgan fingerprint density at radius 3 is 1.86 bits per heavy atom. The van der Waals surface area contributed by atoms with Crippen LogP contribution in [0.2, 0.25) is 0 Å². The van der Waals surface area contributed by atoms with Gasteiger partial charge in [0.2, 0.25) is 5.91 Å². The van der Waals surface area contributed by atoms with Crippen molar-refractivity contribution in [3.05, 3.63) is 49.8 Å². The van der Waals surface area contributed by atoms with Crippen molar-refractivity contribution in [3.63, 3.8) is 0 Å². The summed E-state index contributed by atoms with van der Waals surface area (Å²) in [4.78, 5) is 23.0. The maximum absolute atomic E-state index is 12.3. The molecular formula is C21H14Br3NO3. The van der Waals surface area contributed by atoms with Crippen molar-refractivity contribution in [3.8, 4) is 0 Å². The molecule has 0 atom stereocenters. The fourth-order valence-corrected chi connectivity index (χ4v) is 5.57. The zero-order chi connectivity index (χ0) is 20.0. The summed E-state index contributed by atoms with van der Waals surface area (Å²) in [5.74, 6) is -1.08. The van der Waals surface area contributed by atoms with Gasteiger partial charge in [-0.25, -0.2) is 0 Å². The van der Waals surface area contributed by atoms with E-state index in [1.165, 1.54) is 0 Å². The zero-order valence-electron chi connectivity index (χ0n) is 14.5. The number of hydrogen-bond donors (Lipinski definition) is 2. The molecule has 4 nitrogen and oxygen atoms in total. The van der Waals surface area contributed by atoms with E-state index in [2.05, 4.69) is 71.3 Å². The largest absolute Gasteiger partial charge is 0.481 e. The summed E-state index contributed by atoms with van der Waals surface area (Å²) in [5.41, 5.74) is 0.713. The number of anilines is 1. The highest BCUT2D eigenvalue weighted by molar-refractivity contribution is 9.11. The van der Waals surface area contributed by atoms with Crippen molar-refractivity contribution >= 4 is 97.7 Å². The molecule has 0 saturated heterocycles. The van der Waals surface area contributed by atoms with E-state index in [9.17, 15) is 9.59 Å². The molecule has 0 spiro atoms. The number of benzene rings is 4. The molecule has 1 amide bonds. The van der Waals surface area contributed by atoms with E-state index >= 15 is 0 Å². The minimum Gasteiger partial charge on any atom is -0.481 e. The fourth-order valence-electron chi connectivity index (χ4n) is 3.58. The summed E-state index contributed by atoms with van der Waals surface area (Å²) in [5, 5.41) is 18.1. The number of carbonyl (C=O) groups is 2. The van der Waals surface area contributed by atoms with Gasteiger partial charge in [-0.2, -0.15) is 0 Å². The topological polar surface area (TPSA) is 66.4 Å². The smallest absolute Gasteiger partial charge is 0.303 e. The molecule has 0 aliphatic rings. The monoisotopic (exact) mass is 565 g/mol. The highest BCUT2D eigenvalue weighted by atomic mass is 79.9. The summed E-state index contributed by atoms with van der Waals surface area (Å²) in [6.45, 7) is 0. The average Bonchev–Trinajstić information content (AvgIpc) is 2.63. The molecule has 0 heterocycles. The van der Waals surface area contributed by atoms with Gasteiger partial charge in [0.1, 0.15) is 0 Å². The van der Waals surface area contributed by atoms with E-state index in [1.807, 2.05) is 18.2 Å². The first-order chi connectivity index (χ1) is 13.4. The maximum atomic E-state index is 12.3. The van der Waals surface area contributed by atoms with Crippen LogP contribution in [0.1, 0.15) is 19.3 Å². The summed E-state index contributed by atoms with van der Waals surface area (Å²) in [6, 6.07) is 12.2. The molecule has 0 aromatic heterocycles. The molecule has 0 radical (unpaired) electrons. The highest BCUT2D eigenvalue weighted by Gasteiger charge is 2.17. The number of rotatable bonds is 5. The first kappa shape index (κ1) is 19.6. The molecule has 4 aromatic rings. The van der Waals surface area contributed by atoms with Crippen LogP contribution in [0.15, 0.2) is 49.8 Å². The molecular weight excluding hydrogens is 554 g/mol. The first-order valence-corrected chi connectivity index (χ1v) is 11.0. The number of halogens is 3. The van der Waals surface area contributed by atoms with Crippen LogP contribution in [-0.4, -0.2) is 17.0 Å². The van der Waals surface area contributed by atoms with Crippen molar-refractivity contribution in [2.45, 2.75) is 19.3 Å². The lowest BCUT2D eigenvalue weighted by Crippen LogP contribution is -2.12. The van der Waals surface area contributed by atoms with Crippen LogP contribution in [-0.2, 0) is 9.59 Å². The highest BCUT2D eigenvalue weighted by Crippen LogP contribution is 2.45. The predicted octanol–water partition coefficient (Wildman–Crippen LogP) is 7.06. The van der Waals surface area contributed by atoms with E-state index in [1.54, 1.807) is 0 Å². The van der Waals surface area contributed by atoms with Gasteiger partial charge in [0.15, 0.2) is 0 Å². The average molecular weight is 568 g/mol. The third-order valence-corrected chi connectivity index (χ3v) is 6.78. The number of nitrogens with one attached hydrogen (secondary N) is 1. The normalized spacial score (nSPS) is 11.5. The SMILES string of the molecule is O=C(O)CCCC(=O)Nc1cc(Br)c2ccc3c(Br)cc(Br)c4ccc1c2c34. The van der Waals surface area contributed by atoms with Crippen LogP contribution in [0, 0.1) is 0 Å². The zero-order valence-corrected chi connectivity index (χ0v) is 19.2. The van der Waals surface area contributed by atoms with Crippen LogP contribution < -0.4 is 5.32 Å². The minimum absolute atomic E-state index is 0.0162. The molecule has 7 heteroatoms. The Bertz CT molecular complexity index is 1230. The van der Waals surface area contributed by atoms with Gasteiger partial charge in [0.25, 0.3) is 0 Å². The van der Waals surface area contributed by atoms with Gasteiger partial charge in [-0.1, -0.05) is 72.1 Å². The Morgan fingerprint density at radius 1 is 0.786 bits per heavy atom. The van der Waals surface area contributed by atoms with Crippen molar-refractivity contribution in [2.75, 3.05) is 5.32 Å². The number of carbonyl (C=O) groups excluding carboxylic acids is 1. The van der Waals surface area contributed by atoms with Gasteiger partial charge in [0.05, 0.1) is 0 Å². The second-order valence-electron chi connectivity index (χ2n) is 6.61. The Labute approximate surface area is 186 Å². The second-order valence-corrected chi connectivity index (χ2v) is 9.18. The number of carboxylic acids is 1. The molecule has 0 fully saturated rings. The van der Waals surface area contributed by atoms with Gasteiger partial charge in [-0.15, -0.1) is 0 Å². The number of aliphatic carboxylic acids is 1. The van der Waals surface area contributed by atoms with Gasteiger partial charge in [-0.3, -0.25) is 9.59 Å². The van der Waals surface area contributed by atoms with Gasteiger partial charge >= 0.3 is 5.97 Å². The van der Waals surface area contributed by atoms with E-state index in [4.69, 9.17) is 5.11 Å². The molecule has 28 heavy (non-hydrogen) atoms. The number of amides is 1. The summed E-state index contributed by atoms with van der Waals surface area (Å²) in [7, 11) is 0. The molecule has 4 rings (SSSR count). The Kier molecular flexibility index (Phi) is 5.33. The van der Waals surface area contributed by atoms with Gasteiger partial charge in [0, 0.05) is 42.7 Å². The quantitative estimate of drug-likeness (QED) is 0.254. The molecule has 142 valence electrons. The van der Waals surface area contributed by atoms with Gasteiger partial charge in [-0.05, 0) is 40.1 Å². The van der Waals surface area contributed by atoms with E-state index in [-0.39, 0.29) is 18.7 Å². The van der Waals surface area contributed by atoms with Crippen LogP contribution in [0.5, 0.6) is 0 Å². The lowest BCUT2D eigenvalue weighted by atomic mass is 9.93. The molecule has 0 saturated carbocycles.